The fourth-order valence-corrected chi connectivity index (χ4v) is 4.34. The molecule has 6 nitrogen and oxygen atoms in total. The Balaban J connectivity index is 1.90. The van der Waals surface area contributed by atoms with Crippen molar-refractivity contribution in [2.45, 2.75) is 31.1 Å². The third-order valence-electron chi connectivity index (χ3n) is 4.10. The molecule has 134 valence electrons. The number of nitrogens with one attached hydrogen (secondary N) is 1. The van der Waals surface area contributed by atoms with Gasteiger partial charge in [-0.25, -0.2) is 8.42 Å². The highest BCUT2D eigenvalue weighted by atomic mass is 32.2. The van der Waals surface area contributed by atoms with Crippen LogP contribution in [-0.4, -0.2) is 51.5 Å². The van der Waals surface area contributed by atoms with Gasteiger partial charge in [0.1, 0.15) is 0 Å². The van der Waals surface area contributed by atoms with Gasteiger partial charge in [0.05, 0.1) is 10.8 Å². The van der Waals surface area contributed by atoms with Crippen molar-refractivity contribution in [3.63, 3.8) is 0 Å². The minimum absolute atomic E-state index is 0.0699. The molecule has 1 aliphatic rings. The van der Waals surface area contributed by atoms with Crippen LogP contribution in [0.15, 0.2) is 35.2 Å². The highest BCUT2D eigenvalue weighted by molar-refractivity contribution is 7.89. The molecule has 7 heteroatoms. The van der Waals surface area contributed by atoms with E-state index in [1.54, 1.807) is 30.3 Å². The maximum absolute atomic E-state index is 12.7. The molecule has 1 aromatic carbocycles. The van der Waals surface area contributed by atoms with Crippen molar-refractivity contribution in [1.29, 1.82) is 0 Å². The first kappa shape index (κ1) is 18.9. The average Bonchev–Trinajstić information content (AvgIpc) is 2.62. The van der Waals surface area contributed by atoms with E-state index in [2.05, 4.69) is 5.32 Å². The molecule has 0 radical (unpaired) electrons. The minimum Gasteiger partial charge on any atom is -0.382 e. The molecule has 1 aromatic rings. The van der Waals surface area contributed by atoms with Gasteiger partial charge in [-0.15, -0.1) is 0 Å². The van der Waals surface area contributed by atoms with E-state index in [4.69, 9.17) is 4.74 Å². The Morgan fingerprint density at radius 2 is 2.08 bits per heavy atom. The Labute approximate surface area is 144 Å². The van der Waals surface area contributed by atoms with Crippen LogP contribution in [0.1, 0.15) is 26.2 Å². The highest BCUT2D eigenvalue weighted by Gasteiger charge is 2.32. The normalized spacial score (nSPS) is 19.1. The number of carbonyl (C=O) groups is 1. The van der Waals surface area contributed by atoms with Gasteiger partial charge >= 0.3 is 0 Å². The lowest BCUT2D eigenvalue weighted by Crippen LogP contribution is -2.45. The zero-order valence-corrected chi connectivity index (χ0v) is 14.9. The maximum atomic E-state index is 12.7. The Morgan fingerprint density at radius 3 is 2.79 bits per heavy atom. The molecule has 0 bridgehead atoms. The van der Waals surface area contributed by atoms with E-state index < -0.39 is 10.0 Å². The number of carbonyl (C=O) groups excluding carboxylic acids is 1. The zero-order valence-electron chi connectivity index (χ0n) is 14.1. The number of sulfonamides is 1. The summed E-state index contributed by atoms with van der Waals surface area (Å²) in [6.07, 6.45) is 2.18. The summed E-state index contributed by atoms with van der Waals surface area (Å²) in [6, 6.07) is 8.38. The summed E-state index contributed by atoms with van der Waals surface area (Å²) in [6.45, 7) is 4.49. The van der Waals surface area contributed by atoms with Crippen molar-refractivity contribution >= 4 is 15.9 Å². The van der Waals surface area contributed by atoms with Gasteiger partial charge in [0.15, 0.2) is 0 Å². The Morgan fingerprint density at radius 1 is 1.33 bits per heavy atom. The van der Waals surface area contributed by atoms with Crippen LogP contribution < -0.4 is 5.32 Å². The second kappa shape index (κ2) is 9.15. The summed E-state index contributed by atoms with van der Waals surface area (Å²) in [5.74, 6) is -0.358. The Hall–Kier alpha value is -1.44. The molecule has 1 heterocycles. The minimum atomic E-state index is -3.53. The topological polar surface area (TPSA) is 75.7 Å². The summed E-state index contributed by atoms with van der Waals surface area (Å²) in [4.78, 5) is 12.5. The number of piperidine rings is 1. The zero-order chi connectivity index (χ0) is 17.4. The first-order valence-electron chi connectivity index (χ1n) is 8.46. The monoisotopic (exact) mass is 354 g/mol. The van der Waals surface area contributed by atoms with Crippen LogP contribution >= 0.6 is 0 Å². The molecule has 1 saturated heterocycles. The van der Waals surface area contributed by atoms with Gasteiger partial charge in [-0.05, 0) is 38.3 Å². The summed E-state index contributed by atoms with van der Waals surface area (Å²) in [7, 11) is -3.53. The summed E-state index contributed by atoms with van der Waals surface area (Å²) in [5.41, 5.74) is 0. The quantitative estimate of drug-likeness (QED) is 0.720. The fourth-order valence-electron chi connectivity index (χ4n) is 2.79. The van der Waals surface area contributed by atoms with E-state index in [-0.39, 0.29) is 23.3 Å². The lowest BCUT2D eigenvalue weighted by atomic mass is 9.99. The van der Waals surface area contributed by atoms with Crippen LogP contribution in [0.5, 0.6) is 0 Å². The van der Waals surface area contributed by atoms with E-state index in [9.17, 15) is 13.2 Å². The lowest BCUT2D eigenvalue weighted by Gasteiger charge is -2.31. The number of amides is 1. The third-order valence-corrected chi connectivity index (χ3v) is 5.98. The first-order valence-corrected chi connectivity index (χ1v) is 9.90. The molecule has 1 fully saturated rings. The van der Waals surface area contributed by atoms with Crippen molar-refractivity contribution in [1.82, 2.24) is 9.62 Å². The molecule has 24 heavy (non-hydrogen) atoms. The molecular formula is C17H26N2O4S. The molecule has 1 atom stereocenters. The van der Waals surface area contributed by atoms with Crippen molar-refractivity contribution in [2.75, 3.05) is 32.8 Å². The van der Waals surface area contributed by atoms with Crippen molar-refractivity contribution in [2.24, 2.45) is 5.92 Å². The van der Waals surface area contributed by atoms with Crippen molar-refractivity contribution in [3.8, 4) is 0 Å². The van der Waals surface area contributed by atoms with E-state index >= 15 is 0 Å². The van der Waals surface area contributed by atoms with Gasteiger partial charge in [-0.1, -0.05) is 18.2 Å². The smallest absolute Gasteiger partial charge is 0.243 e. The van der Waals surface area contributed by atoms with Crippen LogP contribution in [-0.2, 0) is 19.6 Å². The fraction of sp³-hybridized carbons (Fsp3) is 0.588. The number of hydrogen-bond donors (Lipinski definition) is 1. The van der Waals surface area contributed by atoms with Crippen LogP contribution in [0.2, 0.25) is 0 Å². The molecule has 0 unspecified atom stereocenters. The Kier molecular flexibility index (Phi) is 7.20. The number of benzene rings is 1. The Bertz CT molecular complexity index is 619. The van der Waals surface area contributed by atoms with Gasteiger partial charge in [0.25, 0.3) is 0 Å². The van der Waals surface area contributed by atoms with Crippen molar-refractivity contribution < 1.29 is 17.9 Å². The predicted molar refractivity (Wildman–Crippen MR) is 92.0 cm³/mol. The number of hydrogen-bond acceptors (Lipinski definition) is 4. The van der Waals surface area contributed by atoms with Crippen LogP contribution in [0.3, 0.4) is 0 Å². The van der Waals surface area contributed by atoms with Crippen LogP contribution in [0.4, 0.5) is 0 Å². The molecule has 0 aromatic heterocycles. The molecule has 1 N–H and O–H groups in total. The number of nitrogens with zero attached hydrogens (tertiary/aromatic N) is 1. The summed E-state index contributed by atoms with van der Waals surface area (Å²) < 4.78 is 32.0. The lowest BCUT2D eigenvalue weighted by molar-refractivity contribution is -0.126. The molecule has 2 rings (SSSR count). The molecule has 0 spiro atoms. The second-order valence-electron chi connectivity index (χ2n) is 5.86. The molecular weight excluding hydrogens is 328 g/mol. The second-order valence-corrected chi connectivity index (χ2v) is 7.79. The molecule has 0 aliphatic carbocycles. The van der Waals surface area contributed by atoms with Gasteiger partial charge in [0.2, 0.25) is 15.9 Å². The molecule has 0 saturated carbocycles. The van der Waals surface area contributed by atoms with Gasteiger partial charge < -0.3 is 10.1 Å². The largest absolute Gasteiger partial charge is 0.382 e. The standard InChI is InChI=1S/C17H26N2O4S/c1-2-23-13-7-11-18-17(20)15-8-6-12-19(14-15)24(21,22)16-9-4-3-5-10-16/h3-5,9-10,15H,2,6-8,11-14H2,1H3,(H,18,20)/t15-/m0/s1. The average molecular weight is 354 g/mol. The van der Waals surface area contributed by atoms with Gasteiger partial charge in [-0.2, -0.15) is 4.31 Å². The predicted octanol–water partition coefficient (Wildman–Crippen LogP) is 1.63. The SMILES string of the molecule is CCOCCCNC(=O)[C@H]1CCCN(S(=O)(=O)c2ccccc2)C1. The van der Waals surface area contributed by atoms with E-state index in [0.717, 1.165) is 12.8 Å². The highest BCUT2D eigenvalue weighted by Crippen LogP contribution is 2.23. The summed E-state index contributed by atoms with van der Waals surface area (Å²) in [5, 5.41) is 2.88. The maximum Gasteiger partial charge on any atom is 0.243 e. The first-order chi connectivity index (χ1) is 11.6. The van der Waals surface area contributed by atoms with Gasteiger partial charge in [0, 0.05) is 32.8 Å². The molecule has 1 aliphatic heterocycles. The third kappa shape index (κ3) is 5.03. The van der Waals surface area contributed by atoms with Crippen molar-refractivity contribution in [3.05, 3.63) is 30.3 Å². The van der Waals surface area contributed by atoms with E-state index in [1.165, 1.54) is 4.31 Å². The number of ether oxygens (including phenoxy) is 1. The van der Waals surface area contributed by atoms with Crippen LogP contribution in [0.25, 0.3) is 0 Å². The van der Waals surface area contributed by atoms with Crippen LogP contribution in [0, 0.1) is 5.92 Å². The van der Waals surface area contributed by atoms with E-state index in [1.807, 2.05) is 6.92 Å². The molecule has 1 amide bonds. The summed E-state index contributed by atoms with van der Waals surface area (Å²) >= 11 is 0. The van der Waals surface area contributed by atoms with Gasteiger partial charge in [-0.3, -0.25) is 4.79 Å². The number of rotatable bonds is 8. The van der Waals surface area contributed by atoms with E-state index in [0.29, 0.717) is 32.7 Å².